The highest BCUT2D eigenvalue weighted by Crippen LogP contribution is 1.95. The van der Waals surface area contributed by atoms with Gasteiger partial charge in [0, 0.05) is 19.4 Å². The van der Waals surface area contributed by atoms with Crippen LogP contribution in [0.25, 0.3) is 0 Å². The minimum Gasteiger partial charge on any atom is -0.297 e. The minimum absolute atomic E-state index is 0. The van der Waals surface area contributed by atoms with Gasteiger partial charge in [0.05, 0.1) is 6.61 Å². The SMILES string of the molecule is CNOCc1ccncc1.I. The summed E-state index contributed by atoms with van der Waals surface area (Å²) in [7, 11) is 1.74. The van der Waals surface area contributed by atoms with Crippen molar-refractivity contribution in [1.29, 1.82) is 0 Å². The summed E-state index contributed by atoms with van der Waals surface area (Å²) in [5.41, 5.74) is 3.71. The molecule has 11 heavy (non-hydrogen) atoms. The van der Waals surface area contributed by atoms with Crippen molar-refractivity contribution >= 4 is 24.0 Å². The van der Waals surface area contributed by atoms with E-state index in [9.17, 15) is 0 Å². The van der Waals surface area contributed by atoms with Crippen LogP contribution in [0.1, 0.15) is 5.56 Å². The first-order valence-corrected chi connectivity index (χ1v) is 3.11. The van der Waals surface area contributed by atoms with Crippen LogP contribution in [0.15, 0.2) is 24.5 Å². The van der Waals surface area contributed by atoms with Crippen molar-refractivity contribution in [3.63, 3.8) is 0 Å². The lowest BCUT2D eigenvalue weighted by atomic mass is 10.3. The maximum Gasteiger partial charge on any atom is 0.0933 e. The highest BCUT2D eigenvalue weighted by Gasteiger charge is 1.87. The third kappa shape index (κ3) is 4.28. The topological polar surface area (TPSA) is 34.1 Å². The van der Waals surface area contributed by atoms with Crippen LogP contribution in [0, 0.1) is 0 Å². The lowest BCUT2D eigenvalue weighted by Crippen LogP contribution is -2.06. The Balaban J connectivity index is 0.000001000. The molecule has 0 radical (unpaired) electrons. The maximum atomic E-state index is 4.94. The van der Waals surface area contributed by atoms with Crippen LogP contribution >= 0.6 is 24.0 Å². The molecule has 0 saturated heterocycles. The molecule has 3 nitrogen and oxygen atoms in total. The van der Waals surface area contributed by atoms with E-state index in [0.717, 1.165) is 5.56 Å². The molecular formula is C7H11IN2O. The van der Waals surface area contributed by atoms with E-state index < -0.39 is 0 Å². The Hall–Kier alpha value is -0.200. The van der Waals surface area contributed by atoms with Crippen molar-refractivity contribution in [1.82, 2.24) is 10.5 Å². The molecule has 0 spiro atoms. The van der Waals surface area contributed by atoms with Gasteiger partial charge in [0.2, 0.25) is 0 Å². The van der Waals surface area contributed by atoms with Crippen molar-refractivity contribution in [2.75, 3.05) is 7.05 Å². The molecule has 0 aliphatic heterocycles. The second kappa shape index (κ2) is 6.51. The molecule has 4 heteroatoms. The summed E-state index contributed by atoms with van der Waals surface area (Å²) < 4.78 is 0. The molecule has 0 bridgehead atoms. The number of nitrogens with zero attached hydrogens (tertiary/aromatic N) is 1. The first kappa shape index (κ1) is 10.8. The van der Waals surface area contributed by atoms with Gasteiger partial charge in [-0.05, 0) is 17.7 Å². The minimum atomic E-state index is 0. The second-order valence-corrected chi connectivity index (χ2v) is 1.85. The summed E-state index contributed by atoms with van der Waals surface area (Å²) in [6.45, 7) is 0.582. The van der Waals surface area contributed by atoms with Gasteiger partial charge in [-0.25, -0.2) is 5.48 Å². The van der Waals surface area contributed by atoms with Crippen LogP contribution in [0.2, 0.25) is 0 Å². The summed E-state index contributed by atoms with van der Waals surface area (Å²) in [6.07, 6.45) is 3.49. The fourth-order valence-electron chi connectivity index (χ4n) is 0.635. The molecule has 0 aliphatic carbocycles. The average molecular weight is 266 g/mol. The summed E-state index contributed by atoms with van der Waals surface area (Å²) in [4.78, 5) is 8.82. The third-order valence-corrected chi connectivity index (χ3v) is 1.13. The molecule has 62 valence electrons. The molecule has 0 unspecified atom stereocenters. The molecular weight excluding hydrogens is 255 g/mol. The third-order valence-electron chi connectivity index (χ3n) is 1.13. The average Bonchev–Trinajstić information content (AvgIpc) is 2.03. The number of hydrogen-bond donors (Lipinski definition) is 1. The molecule has 1 N–H and O–H groups in total. The van der Waals surface area contributed by atoms with E-state index in [4.69, 9.17) is 4.84 Å². The Labute approximate surface area is 83.1 Å². The Morgan fingerprint density at radius 3 is 2.64 bits per heavy atom. The fraction of sp³-hybridized carbons (Fsp3) is 0.286. The van der Waals surface area contributed by atoms with Crippen LogP contribution in [0.4, 0.5) is 0 Å². The fourth-order valence-corrected chi connectivity index (χ4v) is 0.635. The first-order valence-electron chi connectivity index (χ1n) is 3.11. The number of hydroxylamine groups is 1. The van der Waals surface area contributed by atoms with Crippen LogP contribution in [0.5, 0.6) is 0 Å². The number of aromatic nitrogens is 1. The molecule has 1 aromatic rings. The van der Waals surface area contributed by atoms with Crippen LogP contribution < -0.4 is 5.48 Å². The number of hydrogen-bond acceptors (Lipinski definition) is 3. The Morgan fingerprint density at radius 1 is 1.45 bits per heavy atom. The van der Waals surface area contributed by atoms with Gasteiger partial charge in [-0.3, -0.25) is 9.82 Å². The molecule has 0 aliphatic rings. The predicted molar refractivity (Wildman–Crippen MR) is 53.5 cm³/mol. The van der Waals surface area contributed by atoms with Crippen LogP contribution in [-0.2, 0) is 11.4 Å². The smallest absolute Gasteiger partial charge is 0.0933 e. The molecule has 0 aromatic carbocycles. The molecule has 0 fully saturated rings. The van der Waals surface area contributed by atoms with Crippen molar-refractivity contribution in [3.8, 4) is 0 Å². The predicted octanol–water partition coefficient (Wildman–Crippen LogP) is 1.35. The largest absolute Gasteiger partial charge is 0.297 e. The Morgan fingerprint density at radius 2 is 2.09 bits per heavy atom. The van der Waals surface area contributed by atoms with Gasteiger partial charge in [0.25, 0.3) is 0 Å². The van der Waals surface area contributed by atoms with E-state index in [1.807, 2.05) is 12.1 Å². The summed E-state index contributed by atoms with van der Waals surface area (Å²) in [6, 6.07) is 3.83. The van der Waals surface area contributed by atoms with E-state index in [-0.39, 0.29) is 24.0 Å². The maximum absolute atomic E-state index is 4.94. The molecule has 0 atom stereocenters. The second-order valence-electron chi connectivity index (χ2n) is 1.85. The lowest BCUT2D eigenvalue weighted by molar-refractivity contribution is 0.0444. The standard InChI is InChI=1S/C7H10N2O.HI/c1-8-10-6-7-2-4-9-5-3-7;/h2-5,8H,6H2,1H3;1H. The highest BCUT2D eigenvalue weighted by molar-refractivity contribution is 14.0. The Bertz CT molecular complexity index is 181. The zero-order valence-corrected chi connectivity index (χ0v) is 8.61. The van der Waals surface area contributed by atoms with E-state index in [1.165, 1.54) is 0 Å². The van der Waals surface area contributed by atoms with Crippen LogP contribution in [-0.4, -0.2) is 12.0 Å². The lowest BCUT2D eigenvalue weighted by Gasteiger charge is -1.99. The van der Waals surface area contributed by atoms with Crippen molar-refractivity contribution in [3.05, 3.63) is 30.1 Å². The van der Waals surface area contributed by atoms with Gasteiger partial charge >= 0.3 is 0 Å². The summed E-state index contributed by atoms with van der Waals surface area (Å²) in [5.74, 6) is 0. The normalized spacial score (nSPS) is 8.82. The van der Waals surface area contributed by atoms with Gasteiger partial charge in [0.15, 0.2) is 0 Å². The number of pyridine rings is 1. The summed E-state index contributed by atoms with van der Waals surface area (Å²) in [5, 5.41) is 0. The Kier molecular flexibility index (Phi) is 6.39. The molecule has 1 rings (SSSR count). The molecule has 0 saturated carbocycles. The molecule has 1 aromatic heterocycles. The van der Waals surface area contributed by atoms with E-state index in [0.29, 0.717) is 6.61 Å². The van der Waals surface area contributed by atoms with Gasteiger partial charge in [0.1, 0.15) is 0 Å². The quantitative estimate of drug-likeness (QED) is 0.662. The van der Waals surface area contributed by atoms with E-state index >= 15 is 0 Å². The number of nitrogens with one attached hydrogen (secondary N) is 1. The van der Waals surface area contributed by atoms with E-state index in [1.54, 1.807) is 19.4 Å². The zero-order chi connectivity index (χ0) is 7.23. The highest BCUT2D eigenvalue weighted by atomic mass is 127. The van der Waals surface area contributed by atoms with Crippen molar-refractivity contribution in [2.24, 2.45) is 0 Å². The van der Waals surface area contributed by atoms with Crippen LogP contribution in [0.3, 0.4) is 0 Å². The number of halogens is 1. The molecule has 1 heterocycles. The monoisotopic (exact) mass is 266 g/mol. The summed E-state index contributed by atoms with van der Waals surface area (Å²) >= 11 is 0. The van der Waals surface area contributed by atoms with E-state index in [2.05, 4.69) is 10.5 Å². The zero-order valence-electron chi connectivity index (χ0n) is 6.28. The first-order chi connectivity index (χ1) is 4.93. The van der Waals surface area contributed by atoms with Crippen molar-refractivity contribution in [2.45, 2.75) is 6.61 Å². The van der Waals surface area contributed by atoms with Gasteiger partial charge in [-0.1, -0.05) is 0 Å². The number of rotatable bonds is 3. The van der Waals surface area contributed by atoms with Crippen molar-refractivity contribution < 1.29 is 4.84 Å². The van der Waals surface area contributed by atoms with Gasteiger partial charge < -0.3 is 0 Å². The van der Waals surface area contributed by atoms with Gasteiger partial charge in [-0.15, -0.1) is 24.0 Å². The van der Waals surface area contributed by atoms with Gasteiger partial charge in [-0.2, -0.15) is 0 Å². The molecule has 0 amide bonds.